The molecule has 6 heteroatoms. The molecule has 0 atom stereocenters. The lowest BCUT2D eigenvalue weighted by Crippen LogP contribution is -2.43. The van der Waals surface area contributed by atoms with E-state index in [1.807, 2.05) is 31.1 Å². The smallest absolute Gasteiger partial charge is 0.315 e. The monoisotopic (exact) mass is 292 g/mol. The number of amides is 2. The second-order valence-corrected chi connectivity index (χ2v) is 5.75. The Labute approximate surface area is 125 Å². The summed E-state index contributed by atoms with van der Waals surface area (Å²) in [5, 5.41) is 15.3. The summed E-state index contributed by atoms with van der Waals surface area (Å²) in [5.41, 5.74) is 1.02. The van der Waals surface area contributed by atoms with Crippen LogP contribution < -0.4 is 15.5 Å². The van der Waals surface area contributed by atoms with Gasteiger partial charge in [-0.3, -0.25) is 0 Å². The van der Waals surface area contributed by atoms with Crippen LogP contribution in [-0.2, 0) is 6.54 Å². The second-order valence-electron chi connectivity index (χ2n) is 5.75. The van der Waals surface area contributed by atoms with Crippen LogP contribution in [-0.4, -0.2) is 42.4 Å². The quantitative estimate of drug-likeness (QED) is 0.780. The van der Waals surface area contributed by atoms with Gasteiger partial charge in [0.2, 0.25) is 0 Å². The number of rotatable bonds is 4. The van der Waals surface area contributed by atoms with Crippen LogP contribution in [0.4, 0.5) is 10.6 Å². The van der Waals surface area contributed by atoms with E-state index in [1.54, 1.807) is 6.20 Å². The van der Waals surface area contributed by atoms with Gasteiger partial charge < -0.3 is 20.6 Å². The topological polar surface area (TPSA) is 77.5 Å². The predicted molar refractivity (Wildman–Crippen MR) is 82.2 cm³/mol. The Balaban J connectivity index is 1.77. The molecule has 1 fully saturated rings. The van der Waals surface area contributed by atoms with Crippen LogP contribution in [0.1, 0.15) is 31.2 Å². The number of aliphatic hydroxyl groups excluding tert-OH is 1. The molecule has 1 aromatic heterocycles. The summed E-state index contributed by atoms with van der Waals surface area (Å²) in [6.45, 7) is 0.477. The van der Waals surface area contributed by atoms with Crippen LogP contribution in [0.3, 0.4) is 0 Å². The average Bonchev–Trinajstić information content (AvgIpc) is 2.48. The van der Waals surface area contributed by atoms with Crippen LogP contribution >= 0.6 is 0 Å². The van der Waals surface area contributed by atoms with E-state index >= 15 is 0 Å². The average molecular weight is 292 g/mol. The number of urea groups is 1. The number of aromatic nitrogens is 1. The number of aliphatic hydroxyl groups is 1. The van der Waals surface area contributed by atoms with E-state index < -0.39 is 0 Å². The van der Waals surface area contributed by atoms with E-state index in [9.17, 15) is 9.90 Å². The Morgan fingerprint density at radius 2 is 2.10 bits per heavy atom. The van der Waals surface area contributed by atoms with Crippen LogP contribution in [0.5, 0.6) is 0 Å². The van der Waals surface area contributed by atoms with Gasteiger partial charge in [-0.1, -0.05) is 0 Å². The molecule has 0 aromatic carbocycles. The van der Waals surface area contributed by atoms with Crippen molar-refractivity contribution in [3.8, 4) is 0 Å². The minimum absolute atomic E-state index is 0.153. The Kier molecular flexibility index (Phi) is 5.38. The molecular formula is C15H24N4O2. The maximum absolute atomic E-state index is 11.9. The van der Waals surface area contributed by atoms with Gasteiger partial charge in [0.15, 0.2) is 0 Å². The Hall–Kier alpha value is -1.82. The number of hydrogen-bond donors (Lipinski definition) is 3. The van der Waals surface area contributed by atoms with E-state index in [0.29, 0.717) is 6.54 Å². The third kappa shape index (κ3) is 4.90. The Morgan fingerprint density at radius 1 is 1.38 bits per heavy atom. The van der Waals surface area contributed by atoms with Crippen molar-refractivity contribution in [1.29, 1.82) is 0 Å². The predicted octanol–water partition coefficient (Wildman–Crippen LogP) is 1.25. The van der Waals surface area contributed by atoms with Crippen molar-refractivity contribution in [2.75, 3.05) is 19.0 Å². The van der Waals surface area contributed by atoms with Gasteiger partial charge in [0.1, 0.15) is 5.82 Å². The zero-order chi connectivity index (χ0) is 15.2. The summed E-state index contributed by atoms with van der Waals surface area (Å²) in [6, 6.07) is 3.87. The van der Waals surface area contributed by atoms with Gasteiger partial charge >= 0.3 is 6.03 Å². The molecule has 1 saturated carbocycles. The highest BCUT2D eigenvalue weighted by Gasteiger charge is 2.20. The lowest BCUT2D eigenvalue weighted by atomic mass is 9.93. The minimum atomic E-state index is -0.201. The fraction of sp³-hybridized carbons (Fsp3) is 0.600. The van der Waals surface area contributed by atoms with Gasteiger partial charge in [-0.2, -0.15) is 0 Å². The third-order valence-corrected chi connectivity index (χ3v) is 3.75. The van der Waals surface area contributed by atoms with E-state index in [4.69, 9.17) is 0 Å². The molecule has 1 heterocycles. The SMILES string of the molecule is CN(C)c1cc(CNC(=O)NC2CCC(O)CC2)ccn1. The van der Waals surface area contributed by atoms with Crippen molar-refractivity contribution in [3.63, 3.8) is 0 Å². The normalized spacial score (nSPS) is 21.7. The van der Waals surface area contributed by atoms with Crippen LogP contribution in [0, 0.1) is 0 Å². The molecule has 1 aliphatic carbocycles. The number of hydrogen-bond acceptors (Lipinski definition) is 4. The number of anilines is 1. The molecule has 0 saturated heterocycles. The molecule has 1 aliphatic rings. The highest BCUT2D eigenvalue weighted by Crippen LogP contribution is 2.18. The number of nitrogens with zero attached hydrogens (tertiary/aromatic N) is 2. The summed E-state index contributed by atoms with van der Waals surface area (Å²) in [5.74, 6) is 0.871. The van der Waals surface area contributed by atoms with E-state index in [0.717, 1.165) is 37.1 Å². The van der Waals surface area contributed by atoms with E-state index in [2.05, 4.69) is 15.6 Å². The van der Waals surface area contributed by atoms with Crippen LogP contribution in [0.15, 0.2) is 18.3 Å². The maximum atomic E-state index is 11.9. The zero-order valence-electron chi connectivity index (χ0n) is 12.7. The molecule has 1 aromatic rings. The first-order chi connectivity index (χ1) is 10.0. The Bertz CT molecular complexity index is 470. The molecule has 6 nitrogen and oxygen atoms in total. The summed E-state index contributed by atoms with van der Waals surface area (Å²) in [7, 11) is 3.87. The van der Waals surface area contributed by atoms with Crippen molar-refractivity contribution in [2.45, 2.75) is 44.4 Å². The lowest BCUT2D eigenvalue weighted by Gasteiger charge is -2.26. The van der Waals surface area contributed by atoms with E-state index in [1.165, 1.54) is 0 Å². The number of nitrogens with one attached hydrogen (secondary N) is 2. The second kappa shape index (κ2) is 7.26. The Morgan fingerprint density at radius 3 is 2.76 bits per heavy atom. The number of carbonyl (C=O) groups is 1. The molecule has 2 amide bonds. The first-order valence-corrected chi connectivity index (χ1v) is 7.39. The highest BCUT2D eigenvalue weighted by atomic mass is 16.3. The van der Waals surface area contributed by atoms with Gasteiger partial charge in [-0.15, -0.1) is 0 Å². The largest absolute Gasteiger partial charge is 0.393 e. The molecule has 0 radical (unpaired) electrons. The molecule has 2 rings (SSSR count). The molecule has 116 valence electrons. The van der Waals surface area contributed by atoms with Crippen molar-refractivity contribution >= 4 is 11.8 Å². The molecule has 3 N–H and O–H groups in total. The van der Waals surface area contributed by atoms with Crippen molar-refractivity contribution in [3.05, 3.63) is 23.9 Å². The zero-order valence-corrected chi connectivity index (χ0v) is 12.7. The minimum Gasteiger partial charge on any atom is -0.393 e. The summed E-state index contributed by atoms with van der Waals surface area (Å²) < 4.78 is 0. The lowest BCUT2D eigenvalue weighted by molar-refractivity contribution is 0.117. The molecular weight excluding hydrogens is 268 g/mol. The summed E-state index contributed by atoms with van der Waals surface area (Å²) in [6.07, 6.45) is 4.76. The molecule has 0 bridgehead atoms. The number of pyridine rings is 1. The van der Waals surface area contributed by atoms with Gasteiger partial charge in [-0.25, -0.2) is 9.78 Å². The molecule has 21 heavy (non-hydrogen) atoms. The van der Waals surface area contributed by atoms with E-state index in [-0.39, 0.29) is 18.2 Å². The highest BCUT2D eigenvalue weighted by molar-refractivity contribution is 5.74. The summed E-state index contributed by atoms with van der Waals surface area (Å²) in [4.78, 5) is 18.0. The maximum Gasteiger partial charge on any atom is 0.315 e. The van der Waals surface area contributed by atoms with Gasteiger partial charge in [0, 0.05) is 32.9 Å². The van der Waals surface area contributed by atoms with Crippen molar-refractivity contribution in [2.24, 2.45) is 0 Å². The van der Waals surface area contributed by atoms with Crippen molar-refractivity contribution < 1.29 is 9.90 Å². The standard InChI is InChI=1S/C15H24N4O2/c1-19(2)14-9-11(7-8-16-14)10-17-15(21)18-12-3-5-13(20)6-4-12/h7-9,12-13,20H,3-6,10H2,1-2H3,(H2,17,18,21). The van der Waals surface area contributed by atoms with Crippen LogP contribution in [0.25, 0.3) is 0 Å². The first kappa shape index (κ1) is 15.6. The fourth-order valence-electron chi connectivity index (χ4n) is 2.45. The van der Waals surface area contributed by atoms with Gasteiger partial charge in [0.05, 0.1) is 6.10 Å². The first-order valence-electron chi connectivity index (χ1n) is 7.39. The van der Waals surface area contributed by atoms with Crippen LogP contribution in [0.2, 0.25) is 0 Å². The van der Waals surface area contributed by atoms with Crippen molar-refractivity contribution in [1.82, 2.24) is 15.6 Å². The van der Waals surface area contributed by atoms with Gasteiger partial charge in [-0.05, 0) is 43.4 Å². The third-order valence-electron chi connectivity index (χ3n) is 3.75. The fourth-order valence-corrected chi connectivity index (χ4v) is 2.45. The van der Waals surface area contributed by atoms with Gasteiger partial charge in [0.25, 0.3) is 0 Å². The summed E-state index contributed by atoms with van der Waals surface area (Å²) >= 11 is 0. The molecule has 0 aliphatic heterocycles. The molecule has 0 unspecified atom stereocenters. The number of carbonyl (C=O) groups excluding carboxylic acids is 1. The molecule has 0 spiro atoms.